The van der Waals surface area contributed by atoms with E-state index in [4.69, 9.17) is 16.3 Å². The van der Waals surface area contributed by atoms with Gasteiger partial charge in [-0.05, 0) is 40.9 Å². The number of aryl methyl sites for hydroxylation is 1. The fourth-order valence-electron chi connectivity index (χ4n) is 1.56. The van der Waals surface area contributed by atoms with Gasteiger partial charge in [0.1, 0.15) is 5.75 Å². The molecule has 2 aromatic rings. The van der Waals surface area contributed by atoms with E-state index < -0.39 is 0 Å². The molecule has 0 radical (unpaired) electrons. The number of anilines is 1. The lowest BCUT2D eigenvalue weighted by molar-refractivity contribution is 0.416. The zero-order valence-electron chi connectivity index (χ0n) is 9.79. The van der Waals surface area contributed by atoms with Crippen LogP contribution in [0.1, 0.15) is 11.1 Å². The van der Waals surface area contributed by atoms with E-state index >= 15 is 0 Å². The average molecular weight is 268 g/mol. The highest BCUT2D eigenvalue weighted by molar-refractivity contribution is 7.07. The zero-order valence-corrected chi connectivity index (χ0v) is 11.4. The lowest BCUT2D eigenvalue weighted by Crippen LogP contribution is -2.01. The molecule has 0 atom stereocenters. The topological polar surface area (TPSA) is 21.3 Å². The minimum Gasteiger partial charge on any atom is -0.495 e. The molecule has 0 aliphatic carbocycles. The van der Waals surface area contributed by atoms with Gasteiger partial charge in [-0.15, -0.1) is 0 Å². The quantitative estimate of drug-likeness (QED) is 0.890. The van der Waals surface area contributed by atoms with Crippen molar-refractivity contribution in [1.82, 2.24) is 0 Å². The van der Waals surface area contributed by atoms with Crippen molar-refractivity contribution in [1.29, 1.82) is 0 Å². The minimum atomic E-state index is 0.725. The SMILES string of the molecule is COc1cc(Cl)c(C)cc1NCc1ccsc1. The third-order valence-corrected chi connectivity index (χ3v) is 3.68. The summed E-state index contributed by atoms with van der Waals surface area (Å²) in [4.78, 5) is 0. The second-order valence-corrected chi connectivity index (χ2v) is 4.97. The Kier molecular flexibility index (Phi) is 3.92. The van der Waals surface area contributed by atoms with Crippen molar-refractivity contribution in [3.8, 4) is 5.75 Å². The maximum absolute atomic E-state index is 6.06. The molecular formula is C13H14ClNOS. The third kappa shape index (κ3) is 2.93. The van der Waals surface area contributed by atoms with Gasteiger partial charge in [0.25, 0.3) is 0 Å². The second kappa shape index (κ2) is 5.43. The molecule has 1 aromatic heterocycles. The average Bonchev–Trinajstić information content (AvgIpc) is 2.83. The first-order valence-corrected chi connectivity index (χ1v) is 6.62. The molecule has 1 aromatic carbocycles. The first kappa shape index (κ1) is 12.3. The highest BCUT2D eigenvalue weighted by Gasteiger charge is 2.06. The highest BCUT2D eigenvalue weighted by Crippen LogP contribution is 2.31. The molecule has 0 saturated carbocycles. The smallest absolute Gasteiger partial charge is 0.143 e. The standard InChI is InChI=1S/C13H14ClNOS/c1-9-5-12(13(16-2)6-11(9)14)15-7-10-3-4-17-8-10/h3-6,8,15H,7H2,1-2H3. The molecule has 0 saturated heterocycles. The molecule has 1 heterocycles. The van der Waals surface area contributed by atoms with Gasteiger partial charge in [0, 0.05) is 17.6 Å². The number of ether oxygens (including phenoxy) is 1. The Morgan fingerprint density at radius 1 is 1.41 bits per heavy atom. The lowest BCUT2D eigenvalue weighted by atomic mass is 10.2. The van der Waals surface area contributed by atoms with Crippen LogP contribution in [-0.2, 0) is 6.54 Å². The van der Waals surface area contributed by atoms with Crippen molar-refractivity contribution < 1.29 is 4.74 Å². The van der Waals surface area contributed by atoms with E-state index in [1.807, 2.05) is 19.1 Å². The van der Waals surface area contributed by atoms with E-state index in [0.717, 1.165) is 28.6 Å². The molecule has 1 N–H and O–H groups in total. The van der Waals surface area contributed by atoms with E-state index in [-0.39, 0.29) is 0 Å². The molecule has 0 unspecified atom stereocenters. The summed E-state index contributed by atoms with van der Waals surface area (Å²) in [6, 6.07) is 5.95. The van der Waals surface area contributed by atoms with Gasteiger partial charge < -0.3 is 10.1 Å². The number of thiophene rings is 1. The molecule has 0 amide bonds. The van der Waals surface area contributed by atoms with Crippen LogP contribution in [0.3, 0.4) is 0 Å². The molecule has 0 bridgehead atoms. The molecule has 90 valence electrons. The number of hydrogen-bond donors (Lipinski definition) is 1. The normalized spacial score (nSPS) is 10.3. The Hall–Kier alpha value is -1.19. The van der Waals surface area contributed by atoms with Crippen LogP contribution in [0.25, 0.3) is 0 Å². The van der Waals surface area contributed by atoms with Gasteiger partial charge in [-0.1, -0.05) is 11.6 Å². The van der Waals surface area contributed by atoms with E-state index in [1.54, 1.807) is 18.4 Å². The Morgan fingerprint density at radius 3 is 2.88 bits per heavy atom. The molecule has 17 heavy (non-hydrogen) atoms. The number of halogens is 1. The molecule has 0 aliphatic heterocycles. The van der Waals surface area contributed by atoms with Crippen LogP contribution in [0.15, 0.2) is 29.0 Å². The van der Waals surface area contributed by atoms with Crippen molar-refractivity contribution in [2.24, 2.45) is 0 Å². The van der Waals surface area contributed by atoms with Gasteiger partial charge in [0.2, 0.25) is 0 Å². The first-order valence-electron chi connectivity index (χ1n) is 5.30. The summed E-state index contributed by atoms with van der Waals surface area (Å²) in [7, 11) is 1.65. The van der Waals surface area contributed by atoms with E-state index in [1.165, 1.54) is 5.56 Å². The van der Waals surface area contributed by atoms with Gasteiger partial charge in [-0.2, -0.15) is 11.3 Å². The molecule has 2 nitrogen and oxygen atoms in total. The van der Waals surface area contributed by atoms with Crippen molar-refractivity contribution in [2.45, 2.75) is 13.5 Å². The summed E-state index contributed by atoms with van der Waals surface area (Å²) in [6.07, 6.45) is 0. The number of benzene rings is 1. The largest absolute Gasteiger partial charge is 0.495 e. The van der Waals surface area contributed by atoms with Crippen LogP contribution in [0.5, 0.6) is 5.75 Å². The first-order chi connectivity index (χ1) is 8.20. The van der Waals surface area contributed by atoms with Crippen LogP contribution in [0, 0.1) is 6.92 Å². The van der Waals surface area contributed by atoms with Crippen LogP contribution < -0.4 is 10.1 Å². The summed E-state index contributed by atoms with van der Waals surface area (Å²) in [5.74, 6) is 0.774. The van der Waals surface area contributed by atoms with E-state index in [0.29, 0.717) is 0 Å². The molecule has 0 spiro atoms. The Bertz CT molecular complexity index is 496. The maximum atomic E-state index is 6.06. The second-order valence-electron chi connectivity index (χ2n) is 3.79. The summed E-state index contributed by atoms with van der Waals surface area (Å²) < 4.78 is 5.31. The number of rotatable bonds is 4. The summed E-state index contributed by atoms with van der Waals surface area (Å²) in [5, 5.41) is 8.28. The number of hydrogen-bond acceptors (Lipinski definition) is 3. The van der Waals surface area contributed by atoms with Crippen LogP contribution in [0.2, 0.25) is 5.02 Å². The summed E-state index contributed by atoms with van der Waals surface area (Å²) >= 11 is 7.76. The van der Waals surface area contributed by atoms with Crippen molar-refractivity contribution in [2.75, 3.05) is 12.4 Å². The van der Waals surface area contributed by atoms with Gasteiger partial charge in [0.15, 0.2) is 0 Å². The van der Waals surface area contributed by atoms with E-state index in [2.05, 4.69) is 22.1 Å². The minimum absolute atomic E-state index is 0.725. The Labute approximate surface area is 110 Å². The van der Waals surface area contributed by atoms with Crippen LogP contribution >= 0.6 is 22.9 Å². The van der Waals surface area contributed by atoms with Gasteiger partial charge >= 0.3 is 0 Å². The molecule has 4 heteroatoms. The van der Waals surface area contributed by atoms with Crippen LogP contribution in [-0.4, -0.2) is 7.11 Å². The predicted octanol–water partition coefficient (Wildman–Crippen LogP) is 4.33. The summed E-state index contributed by atoms with van der Waals surface area (Å²) in [6.45, 7) is 2.78. The van der Waals surface area contributed by atoms with Crippen LogP contribution in [0.4, 0.5) is 5.69 Å². The predicted molar refractivity (Wildman–Crippen MR) is 74.4 cm³/mol. The molecular weight excluding hydrogens is 254 g/mol. The number of nitrogens with one attached hydrogen (secondary N) is 1. The third-order valence-electron chi connectivity index (χ3n) is 2.54. The van der Waals surface area contributed by atoms with Gasteiger partial charge in [0.05, 0.1) is 12.8 Å². The fraction of sp³-hybridized carbons (Fsp3) is 0.231. The van der Waals surface area contributed by atoms with Gasteiger partial charge in [-0.25, -0.2) is 0 Å². The van der Waals surface area contributed by atoms with Crippen molar-refractivity contribution >= 4 is 28.6 Å². The lowest BCUT2D eigenvalue weighted by Gasteiger charge is -2.12. The van der Waals surface area contributed by atoms with Gasteiger partial charge in [-0.3, -0.25) is 0 Å². The summed E-state index contributed by atoms with van der Waals surface area (Å²) in [5.41, 5.74) is 3.28. The molecule has 2 rings (SSSR count). The molecule has 0 fully saturated rings. The Balaban J connectivity index is 2.17. The Morgan fingerprint density at radius 2 is 2.24 bits per heavy atom. The zero-order chi connectivity index (χ0) is 12.3. The maximum Gasteiger partial charge on any atom is 0.143 e. The fourth-order valence-corrected chi connectivity index (χ4v) is 2.38. The highest BCUT2D eigenvalue weighted by atomic mass is 35.5. The monoisotopic (exact) mass is 267 g/mol. The van der Waals surface area contributed by atoms with E-state index in [9.17, 15) is 0 Å². The van der Waals surface area contributed by atoms with Crippen molar-refractivity contribution in [3.05, 3.63) is 45.1 Å². The van der Waals surface area contributed by atoms with Crippen molar-refractivity contribution in [3.63, 3.8) is 0 Å². The molecule has 0 aliphatic rings. The number of methoxy groups -OCH3 is 1.